The van der Waals surface area contributed by atoms with Crippen LogP contribution in [0.1, 0.15) is 42.6 Å². The van der Waals surface area contributed by atoms with Crippen molar-refractivity contribution in [2.75, 3.05) is 0 Å². The smallest absolute Gasteiger partial charge is 0.248 e. The van der Waals surface area contributed by atoms with E-state index >= 15 is 4.39 Å². The lowest BCUT2D eigenvalue weighted by atomic mass is 9.99. The lowest BCUT2D eigenvalue weighted by Crippen LogP contribution is -2.11. The molecule has 0 unspecified atom stereocenters. The number of imidazole rings is 1. The first-order valence-electron chi connectivity index (χ1n) is 9.21. The average molecular weight is 420 g/mol. The van der Waals surface area contributed by atoms with Crippen molar-refractivity contribution in [2.45, 2.75) is 43.4 Å². The van der Waals surface area contributed by atoms with E-state index < -0.39 is 10.0 Å². The van der Waals surface area contributed by atoms with Gasteiger partial charge < -0.3 is 4.57 Å². The van der Waals surface area contributed by atoms with Crippen molar-refractivity contribution in [2.24, 2.45) is 11.1 Å². The summed E-state index contributed by atoms with van der Waals surface area (Å²) in [5, 5.41) is 5.43. The molecule has 1 aliphatic heterocycles. The van der Waals surface area contributed by atoms with Crippen LogP contribution < -0.4 is 5.14 Å². The van der Waals surface area contributed by atoms with Crippen molar-refractivity contribution in [3.05, 3.63) is 58.7 Å². The second-order valence-corrected chi connectivity index (χ2v) is 10.5. The number of fused-ring (bicyclic) bond motifs is 1. The summed E-state index contributed by atoms with van der Waals surface area (Å²) >= 11 is 1.17. The molecule has 0 bridgehead atoms. The van der Waals surface area contributed by atoms with E-state index in [0.29, 0.717) is 22.6 Å². The SMILES string of the molecule is CC(C)Cc1cc(-c2ccc([C@H]3CCc4nccn43)c(F)c2)c(S(N)(=O)=O)s1. The van der Waals surface area contributed by atoms with Crippen molar-refractivity contribution in [1.29, 1.82) is 0 Å². The van der Waals surface area contributed by atoms with Crippen molar-refractivity contribution >= 4 is 21.4 Å². The van der Waals surface area contributed by atoms with E-state index in [0.717, 1.165) is 30.0 Å². The zero-order chi connectivity index (χ0) is 20.1. The zero-order valence-corrected chi connectivity index (χ0v) is 17.4. The molecule has 1 aliphatic rings. The number of rotatable bonds is 5. The number of aryl methyl sites for hydroxylation is 1. The molecule has 5 nitrogen and oxygen atoms in total. The van der Waals surface area contributed by atoms with Crippen LogP contribution in [0, 0.1) is 11.7 Å². The second-order valence-electron chi connectivity index (χ2n) is 7.60. The molecule has 1 atom stereocenters. The van der Waals surface area contributed by atoms with E-state index in [2.05, 4.69) is 18.8 Å². The first-order valence-corrected chi connectivity index (χ1v) is 11.6. The van der Waals surface area contributed by atoms with Gasteiger partial charge in [-0.3, -0.25) is 0 Å². The molecule has 8 heteroatoms. The van der Waals surface area contributed by atoms with Crippen molar-refractivity contribution in [3.8, 4) is 11.1 Å². The third kappa shape index (κ3) is 3.52. The molecule has 0 fully saturated rings. The van der Waals surface area contributed by atoms with Gasteiger partial charge in [-0.2, -0.15) is 0 Å². The number of thiophene rings is 1. The van der Waals surface area contributed by atoms with Gasteiger partial charge >= 0.3 is 0 Å². The predicted molar refractivity (Wildman–Crippen MR) is 108 cm³/mol. The Labute approximate surface area is 168 Å². The third-order valence-electron chi connectivity index (χ3n) is 5.01. The van der Waals surface area contributed by atoms with Gasteiger partial charge in [0.25, 0.3) is 0 Å². The van der Waals surface area contributed by atoms with Crippen LogP contribution in [0.25, 0.3) is 11.1 Å². The minimum absolute atomic E-state index is 0.0803. The highest BCUT2D eigenvalue weighted by molar-refractivity contribution is 7.91. The molecule has 0 saturated carbocycles. The summed E-state index contributed by atoms with van der Waals surface area (Å²) in [7, 11) is -3.88. The predicted octanol–water partition coefficient (Wildman–Crippen LogP) is 4.13. The van der Waals surface area contributed by atoms with Crippen LogP contribution in [0.2, 0.25) is 0 Å². The molecule has 2 N–H and O–H groups in total. The average Bonchev–Trinajstić information content (AvgIpc) is 3.28. The number of nitrogens with two attached hydrogens (primary N) is 1. The molecule has 4 rings (SSSR count). The van der Waals surface area contributed by atoms with Crippen molar-refractivity contribution in [1.82, 2.24) is 9.55 Å². The van der Waals surface area contributed by atoms with Crippen LogP contribution in [-0.2, 0) is 22.9 Å². The third-order valence-corrected chi connectivity index (χ3v) is 7.65. The molecule has 0 radical (unpaired) electrons. The summed E-state index contributed by atoms with van der Waals surface area (Å²) in [6, 6.07) is 6.69. The summed E-state index contributed by atoms with van der Waals surface area (Å²) in [6.45, 7) is 4.13. The van der Waals surface area contributed by atoms with Gasteiger partial charge in [0, 0.05) is 34.8 Å². The molecule has 0 saturated heterocycles. The standard InChI is InChI=1S/C20H22FN3O2S2/c1-12(2)9-14-11-16(20(27-14)28(22,25)26)13-3-4-15(17(21)10-13)18-5-6-19-23-7-8-24(18)19/h3-4,7-8,10-12,18H,5-6,9H2,1-2H3,(H2,22,25,26)/t18-/m1/s1. The Morgan fingerprint density at radius 2 is 2.14 bits per heavy atom. The van der Waals surface area contributed by atoms with Crippen molar-refractivity contribution in [3.63, 3.8) is 0 Å². The number of hydrogen-bond donors (Lipinski definition) is 1. The van der Waals surface area contributed by atoms with Crippen LogP contribution >= 0.6 is 11.3 Å². The first kappa shape index (κ1) is 19.3. The maximum absolute atomic E-state index is 15.0. The van der Waals surface area contributed by atoms with Gasteiger partial charge in [-0.05, 0) is 36.5 Å². The molecule has 148 valence electrons. The summed E-state index contributed by atoms with van der Waals surface area (Å²) in [5.74, 6) is 0.993. The molecule has 2 aromatic heterocycles. The lowest BCUT2D eigenvalue weighted by molar-refractivity contribution is 0.548. The Balaban J connectivity index is 1.75. The zero-order valence-electron chi connectivity index (χ0n) is 15.7. The van der Waals surface area contributed by atoms with Crippen molar-refractivity contribution < 1.29 is 12.8 Å². The van der Waals surface area contributed by atoms with Gasteiger partial charge in [0.1, 0.15) is 15.9 Å². The highest BCUT2D eigenvalue weighted by Gasteiger charge is 2.27. The van der Waals surface area contributed by atoms with E-state index in [1.807, 2.05) is 16.8 Å². The van der Waals surface area contributed by atoms with Gasteiger partial charge in [0.2, 0.25) is 10.0 Å². The molecule has 3 heterocycles. The number of hydrogen-bond acceptors (Lipinski definition) is 4. The lowest BCUT2D eigenvalue weighted by Gasteiger charge is -2.15. The molecule has 0 amide bonds. The topological polar surface area (TPSA) is 78.0 Å². The maximum atomic E-state index is 15.0. The van der Waals surface area contributed by atoms with Crippen LogP contribution in [-0.4, -0.2) is 18.0 Å². The highest BCUT2D eigenvalue weighted by Crippen LogP contribution is 2.38. The molecular formula is C20H22FN3O2S2. The van der Waals surface area contributed by atoms with Crippen LogP contribution in [0.4, 0.5) is 4.39 Å². The van der Waals surface area contributed by atoms with Crippen LogP contribution in [0.3, 0.4) is 0 Å². The minimum Gasteiger partial charge on any atom is -0.327 e. The summed E-state index contributed by atoms with van der Waals surface area (Å²) in [5.41, 5.74) is 1.60. The van der Waals surface area contributed by atoms with E-state index in [-0.39, 0.29) is 16.1 Å². The maximum Gasteiger partial charge on any atom is 0.248 e. The molecule has 28 heavy (non-hydrogen) atoms. The summed E-state index contributed by atoms with van der Waals surface area (Å²) < 4.78 is 41.3. The van der Waals surface area contributed by atoms with E-state index in [9.17, 15) is 8.42 Å². The highest BCUT2D eigenvalue weighted by atomic mass is 32.2. The van der Waals surface area contributed by atoms with E-state index in [4.69, 9.17) is 5.14 Å². The Morgan fingerprint density at radius 1 is 1.36 bits per heavy atom. The number of nitrogens with zero attached hydrogens (tertiary/aromatic N) is 2. The number of aromatic nitrogens is 2. The normalized spacial score (nSPS) is 16.7. The largest absolute Gasteiger partial charge is 0.327 e. The van der Waals surface area contributed by atoms with E-state index in [1.54, 1.807) is 18.3 Å². The number of halogens is 1. The summed E-state index contributed by atoms with van der Waals surface area (Å²) in [4.78, 5) is 5.22. The number of primary sulfonamides is 1. The molecule has 0 aliphatic carbocycles. The fourth-order valence-electron chi connectivity index (χ4n) is 3.84. The molecule has 3 aromatic rings. The fraction of sp³-hybridized carbons (Fsp3) is 0.350. The number of benzene rings is 1. The molecular weight excluding hydrogens is 397 g/mol. The Kier molecular flexibility index (Phi) is 4.89. The summed E-state index contributed by atoms with van der Waals surface area (Å²) in [6.07, 6.45) is 5.97. The Hall–Kier alpha value is -2.03. The Morgan fingerprint density at radius 3 is 2.82 bits per heavy atom. The van der Waals surface area contributed by atoms with Gasteiger partial charge in [0.15, 0.2) is 0 Å². The number of sulfonamides is 1. The van der Waals surface area contributed by atoms with Crippen LogP contribution in [0.5, 0.6) is 0 Å². The van der Waals surface area contributed by atoms with Gasteiger partial charge in [-0.25, -0.2) is 22.9 Å². The van der Waals surface area contributed by atoms with Crippen LogP contribution in [0.15, 0.2) is 40.9 Å². The van der Waals surface area contributed by atoms with Gasteiger partial charge in [-0.1, -0.05) is 26.0 Å². The minimum atomic E-state index is -3.88. The quantitative estimate of drug-likeness (QED) is 0.675. The van der Waals surface area contributed by atoms with Gasteiger partial charge in [0.05, 0.1) is 6.04 Å². The second kappa shape index (κ2) is 7.09. The molecule has 1 aromatic carbocycles. The first-order chi connectivity index (χ1) is 13.2. The van der Waals surface area contributed by atoms with E-state index in [1.165, 1.54) is 17.4 Å². The molecule has 0 spiro atoms. The van der Waals surface area contributed by atoms with Gasteiger partial charge in [-0.15, -0.1) is 11.3 Å². The monoisotopic (exact) mass is 419 g/mol. The Bertz CT molecular complexity index is 1130. The fourth-order valence-corrected chi connectivity index (χ4v) is 6.22.